The number of thiophene rings is 1. The third-order valence-electron chi connectivity index (χ3n) is 1.84. The number of aliphatic carboxylic acids is 1. The van der Waals surface area contributed by atoms with Crippen molar-refractivity contribution in [3.8, 4) is 0 Å². The molecule has 0 bridgehead atoms. The van der Waals surface area contributed by atoms with Gasteiger partial charge in [-0.05, 0) is 17.5 Å². The van der Waals surface area contributed by atoms with Gasteiger partial charge in [-0.2, -0.15) is 0 Å². The highest BCUT2D eigenvalue weighted by Gasteiger charge is 2.01. The van der Waals surface area contributed by atoms with Crippen LogP contribution in [0.2, 0.25) is 0 Å². The predicted molar refractivity (Wildman–Crippen MR) is 58.0 cm³/mol. The molecule has 2 rings (SSSR count). The first-order valence-corrected chi connectivity index (χ1v) is 5.01. The van der Waals surface area contributed by atoms with E-state index in [0.717, 1.165) is 10.4 Å². The molecule has 1 aromatic heterocycles. The Hall–Kier alpha value is -1.55. The fourth-order valence-corrected chi connectivity index (χ4v) is 2.19. The van der Waals surface area contributed by atoms with E-state index in [0.29, 0.717) is 0 Å². The summed E-state index contributed by atoms with van der Waals surface area (Å²) in [7, 11) is 0. The topological polar surface area (TPSA) is 49.3 Å². The molecule has 0 aliphatic heterocycles. The molecule has 0 saturated heterocycles. The van der Waals surface area contributed by atoms with Crippen LogP contribution in [0.1, 0.15) is 0 Å². The summed E-state index contributed by atoms with van der Waals surface area (Å²) in [4.78, 5) is 10.3. The summed E-state index contributed by atoms with van der Waals surface area (Å²) in [6, 6.07) is 9.93. The molecule has 3 nitrogen and oxygen atoms in total. The maximum atomic E-state index is 10.3. The molecule has 1 aromatic carbocycles. The quantitative estimate of drug-likeness (QED) is 0.812. The zero-order chi connectivity index (χ0) is 9.97. The summed E-state index contributed by atoms with van der Waals surface area (Å²) in [5.41, 5.74) is 0. The number of benzene rings is 1. The molecule has 72 valence electrons. The maximum Gasteiger partial charge on any atom is 0.322 e. The number of anilines is 1. The Labute approximate surface area is 85.0 Å². The summed E-state index contributed by atoms with van der Waals surface area (Å²) in [5, 5.41) is 13.4. The normalized spacial score (nSPS) is 10.3. The molecule has 0 radical (unpaired) electrons. The van der Waals surface area contributed by atoms with E-state index in [4.69, 9.17) is 5.11 Å². The van der Waals surface area contributed by atoms with Gasteiger partial charge in [-0.1, -0.05) is 18.2 Å². The molecular formula is C10H9NO2S. The molecule has 0 spiro atoms. The molecule has 2 N–H and O–H groups in total. The fourth-order valence-electron chi connectivity index (χ4n) is 1.23. The number of hydrogen-bond acceptors (Lipinski definition) is 3. The second-order valence-electron chi connectivity index (χ2n) is 2.90. The molecule has 14 heavy (non-hydrogen) atoms. The Balaban J connectivity index is 2.22. The lowest BCUT2D eigenvalue weighted by molar-refractivity contribution is -0.134. The van der Waals surface area contributed by atoms with Crippen molar-refractivity contribution >= 4 is 32.4 Å². The molecule has 1 heterocycles. The monoisotopic (exact) mass is 207 g/mol. The SMILES string of the molecule is O=C(O)CNc1cc2ccccc2s1. The lowest BCUT2D eigenvalue weighted by atomic mass is 10.3. The third kappa shape index (κ3) is 1.85. The van der Waals surface area contributed by atoms with Gasteiger partial charge in [0, 0.05) is 4.70 Å². The van der Waals surface area contributed by atoms with Gasteiger partial charge in [0.25, 0.3) is 0 Å². The van der Waals surface area contributed by atoms with Crippen LogP contribution in [0.25, 0.3) is 10.1 Å². The van der Waals surface area contributed by atoms with Crippen molar-refractivity contribution in [2.75, 3.05) is 11.9 Å². The Morgan fingerprint density at radius 2 is 2.21 bits per heavy atom. The van der Waals surface area contributed by atoms with Gasteiger partial charge in [0.1, 0.15) is 6.54 Å². The Bertz CT molecular complexity index is 431. The van der Waals surface area contributed by atoms with Gasteiger partial charge in [-0.3, -0.25) is 4.79 Å². The number of rotatable bonds is 3. The molecule has 0 aliphatic rings. The fraction of sp³-hybridized carbons (Fsp3) is 0.100. The highest BCUT2D eigenvalue weighted by molar-refractivity contribution is 7.22. The number of carboxylic acid groups (broad SMARTS) is 1. The van der Waals surface area contributed by atoms with Crippen LogP contribution in [-0.2, 0) is 4.79 Å². The van der Waals surface area contributed by atoms with E-state index in [1.54, 1.807) is 11.3 Å². The molecule has 0 atom stereocenters. The Kier molecular flexibility index (Phi) is 2.37. The van der Waals surface area contributed by atoms with Crippen molar-refractivity contribution < 1.29 is 9.90 Å². The minimum Gasteiger partial charge on any atom is -0.480 e. The van der Waals surface area contributed by atoms with Crippen LogP contribution in [0.4, 0.5) is 5.00 Å². The summed E-state index contributed by atoms with van der Waals surface area (Å²) < 4.78 is 1.17. The molecule has 0 saturated carbocycles. The first-order chi connectivity index (χ1) is 6.75. The van der Waals surface area contributed by atoms with Crippen molar-refractivity contribution in [2.24, 2.45) is 0 Å². The average Bonchev–Trinajstić information content (AvgIpc) is 2.57. The van der Waals surface area contributed by atoms with Crippen LogP contribution in [0, 0.1) is 0 Å². The van der Waals surface area contributed by atoms with Crippen LogP contribution in [-0.4, -0.2) is 17.6 Å². The van der Waals surface area contributed by atoms with Crippen molar-refractivity contribution in [1.29, 1.82) is 0 Å². The van der Waals surface area contributed by atoms with Gasteiger partial charge in [0.05, 0.1) is 5.00 Å². The minimum atomic E-state index is -0.845. The van der Waals surface area contributed by atoms with Gasteiger partial charge in [0.15, 0.2) is 0 Å². The summed E-state index contributed by atoms with van der Waals surface area (Å²) >= 11 is 1.56. The van der Waals surface area contributed by atoms with Crippen molar-refractivity contribution in [1.82, 2.24) is 0 Å². The van der Waals surface area contributed by atoms with Gasteiger partial charge in [0.2, 0.25) is 0 Å². The molecular weight excluding hydrogens is 198 g/mol. The standard InChI is InChI=1S/C10H9NO2S/c12-10(13)6-11-9-5-7-3-1-2-4-8(7)14-9/h1-5,11H,6H2,(H,12,13). The summed E-state index contributed by atoms with van der Waals surface area (Å²) in [6.45, 7) is -0.0349. The van der Waals surface area contributed by atoms with E-state index >= 15 is 0 Å². The zero-order valence-corrected chi connectivity index (χ0v) is 8.17. The van der Waals surface area contributed by atoms with Crippen LogP contribution < -0.4 is 5.32 Å². The van der Waals surface area contributed by atoms with E-state index in [9.17, 15) is 4.79 Å². The molecule has 0 fully saturated rings. The molecule has 0 amide bonds. The second-order valence-corrected chi connectivity index (χ2v) is 3.98. The second kappa shape index (κ2) is 3.67. The van der Waals surface area contributed by atoms with Crippen LogP contribution in [0.15, 0.2) is 30.3 Å². The van der Waals surface area contributed by atoms with Crippen LogP contribution in [0.5, 0.6) is 0 Å². The Morgan fingerprint density at radius 3 is 2.93 bits per heavy atom. The van der Waals surface area contributed by atoms with E-state index < -0.39 is 5.97 Å². The number of carbonyl (C=O) groups is 1. The van der Waals surface area contributed by atoms with Gasteiger partial charge in [-0.15, -0.1) is 11.3 Å². The van der Waals surface area contributed by atoms with E-state index in [2.05, 4.69) is 5.32 Å². The third-order valence-corrected chi connectivity index (χ3v) is 2.91. The molecule has 0 aliphatic carbocycles. The van der Waals surface area contributed by atoms with Gasteiger partial charge in [-0.25, -0.2) is 0 Å². The van der Waals surface area contributed by atoms with Crippen LogP contribution in [0.3, 0.4) is 0 Å². The lowest BCUT2D eigenvalue weighted by Crippen LogP contribution is -2.11. The smallest absolute Gasteiger partial charge is 0.322 e. The van der Waals surface area contributed by atoms with Crippen molar-refractivity contribution in [3.05, 3.63) is 30.3 Å². The average molecular weight is 207 g/mol. The van der Waals surface area contributed by atoms with E-state index in [1.807, 2.05) is 30.3 Å². The van der Waals surface area contributed by atoms with E-state index in [-0.39, 0.29) is 6.54 Å². The minimum absolute atomic E-state index is 0.0349. The maximum absolute atomic E-state index is 10.3. The van der Waals surface area contributed by atoms with Crippen molar-refractivity contribution in [2.45, 2.75) is 0 Å². The summed E-state index contributed by atoms with van der Waals surface area (Å²) in [5.74, 6) is -0.845. The van der Waals surface area contributed by atoms with Gasteiger partial charge < -0.3 is 10.4 Å². The number of nitrogens with one attached hydrogen (secondary N) is 1. The molecule has 4 heteroatoms. The van der Waals surface area contributed by atoms with Crippen LogP contribution >= 0.6 is 11.3 Å². The first-order valence-electron chi connectivity index (χ1n) is 4.20. The Morgan fingerprint density at radius 1 is 1.43 bits per heavy atom. The van der Waals surface area contributed by atoms with Gasteiger partial charge >= 0.3 is 5.97 Å². The van der Waals surface area contributed by atoms with E-state index in [1.165, 1.54) is 4.70 Å². The molecule has 0 unspecified atom stereocenters. The lowest BCUT2D eigenvalue weighted by Gasteiger charge is -1.95. The predicted octanol–water partition coefficient (Wildman–Crippen LogP) is 2.40. The number of hydrogen-bond donors (Lipinski definition) is 2. The van der Waals surface area contributed by atoms with Crippen molar-refractivity contribution in [3.63, 3.8) is 0 Å². The number of carboxylic acids is 1. The first kappa shape index (κ1) is 9.02. The molecule has 2 aromatic rings. The summed E-state index contributed by atoms with van der Waals surface area (Å²) in [6.07, 6.45) is 0. The highest BCUT2D eigenvalue weighted by atomic mass is 32.1. The largest absolute Gasteiger partial charge is 0.480 e. The number of fused-ring (bicyclic) bond motifs is 1. The highest BCUT2D eigenvalue weighted by Crippen LogP contribution is 2.28. The zero-order valence-electron chi connectivity index (χ0n) is 7.36.